The highest BCUT2D eigenvalue weighted by molar-refractivity contribution is 5.90. The Bertz CT molecular complexity index is 519. The number of hydrogen-bond donors (Lipinski definition) is 1. The van der Waals surface area contributed by atoms with Crippen molar-refractivity contribution in [3.8, 4) is 5.75 Å². The van der Waals surface area contributed by atoms with E-state index in [1.807, 2.05) is 0 Å². The Morgan fingerprint density at radius 1 is 1.47 bits per heavy atom. The van der Waals surface area contributed by atoms with Crippen LogP contribution >= 0.6 is 0 Å². The van der Waals surface area contributed by atoms with Crippen molar-refractivity contribution in [2.75, 3.05) is 0 Å². The molecule has 0 unspecified atom stereocenters. The van der Waals surface area contributed by atoms with Crippen LogP contribution in [0.3, 0.4) is 0 Å². The zero-order chi connectivity index (χ0) is 12.8. The van der Waals surface area contributed by atoms with Crippen LogP contribution in [0.4, 0.5) is 4.39 Å². The third-order valence-electron chi connectivity index (χ3n) is 2.88. The topological polar surface area (TPSA) is 63.6 Å². The Morgan fingerprint density at radius 2 is 2.12 bits per heavy atom. The SMILES string of the molecule is CC1(C)C(=O)Oc2cc(CC(=O)O)c(F)cc21. The number of ether oxygens (including phenoxy) is 1. The van der Waals surface area contributed by atoms with Crippen LogP contribution in [0, 0.1) is 5.82 Å². The van der Waals surface area contributed by atoms with Gasteiger partial charge in [-0.25, -0.2) is 4.39 Å². The predicted molar refractivity (Wildman–Crippen MR) is 56.4 cm³/mol. The second-order valence-electron chi connectivity index (χ2n) is 4.52. The second kappa shape index (κ2) is 3.55. The minimum Gasteiger partial charge on any atom is -0.481 e. The van der Waals surface area contributed by atoms with Gasteiger partial charge in [-0.05, 0) is 26.0 Å². The monoisotopic (exact) mass is 238 g/mol. The van der Waals surface area contributed by atoms with Crippen LogP contribution in [0.15, 0.2) is 12.1 Å². The number of benzene rings is 1. The van der Waals surface area contributed by atoms with Gasteiger partial charge in [0.25, 0.3) is 0 Å². The highest BCUT2D eigenvalue weighted by Gasteiger charge is 2.41. The van der Waals surface area contributed by atoms with Crippen molar-refractivity contribution >= 4 is 11.9 Å². The van der Waals surface area contributed by atoms with Gasteiger partial charge in [-0.3, -0.25) is 9.59 Å². The number of fused-ring (bicyclic) bond motifs is 1. The first-order valence-electron chi connectivity index (χ1n) is 5.09. The lowest BCUT2D eigenvalue weighted by Gasteiger charge is -2.13. The summed E-state index contributed by atoms with van der Waals surface area (Å²) in [5, 5.41) is 8.62. The summed E-state index contributed by atoms with van der Waals surface area (Å²) in [4.78, 5) is 22.1. The number of carbonyl (C=O) groups excluding carboxylic acids is 1. The Hall–Kier alpha value is -1.91. The first-order chi connectivity index (χ1) is 7.82. The first-order valence-corrected chi connectivity index (χ1v) is 5.09. The standard InChI is InChI=1S/C12H11FO4/c1-12(2)7-5-8(13)6(4-10(14)15)3-9(7)17-11(12)16/h3,5H,4H2,1-2H3,(H,14,15). The maximum Gasteiger partial charge on any atom is 0.321 e. The average molecular weight is 238 g/mol. The Balaban J connectivity index is 2.51. The minimum absolute atomic E-state index is 0.0155. The zero-order valence-corrected chi connectivity index (χ0v) is 9.41. The van der Waals surface area contributed by atoms with E-state index in [0.29, 0.717) is 5.56 Å². The number of carbonyl (C=O) groups is 2. The molecule has 1 aliphatic heterocycles. The number of esters is 1. The van der Waals surface area contributed by atoms with Crippen molar-refractivity contribution in [2.24, 2.45) is 0 Å². The van der Waals surface area contributed by atoms with Crippen LogP contribution in [0.2, 0.25) is 0 Å². The van der Waals surface area contributed by atoms with E-state index < -0.39 is 29.6 Å². The molecule has 0 radical (unpaired) electrons. The highest BCUT2D eigenvalue weighted by atomic mass is 19.1. The summed E-state index contributed by atoms with van der Waals surface area (Å²) >= 11 is 0. The lowest BCUT2D eigenvalue weighted by molar-refractivity contribution is -0.137. The molecule has 0 saturated carbocycles. The third kappa shape index (κ3) is 1.77. The van der Waals surface area contributed by atoms with Gasteiger partial charge in [0.05, 0.1) is 11.8 Å². The molecular formula is C12H11FO4. The van der Waals surface area contributed by atoms with Gasteiger partial charge in [0.1, 0.15) is 11.6 Å². The van der Waals surface area contributed by atoms with Crippen LogP contribution in [-0.2, 0) is 21.4 Å². The molecule has 17 heavy (non-hydrogen) atoms. The number of carboxylic acid groups (broad SMARTS) is 1. The summed E-state index contributed by atoms with van der Waals surface area (Å²) in [5.74, 6) is -1.97. The molecule has 1 N–H and O–H groups in total. The molecule has 0 atom stereocenters. The molecule has 0 saturated heterocycles. The van der Waals surface area contributed by atoms with Crippen molar-refractivity contribution < 1.29 is 23.8 Å². The third-order valence-corrected chi connectivity index (χ3v) is 2.88. The fourth-order valence-corrected chi connectivity index (χ4v) is 1.80. The van der Waals surface area contributed by atoms with E-state index in [1.54, 1.807) is 13.8 Å². The van der Waals surface area contributed by atoms with Gasteiger partial charge in [-0.15, -0.1) is 0 Å². The van der Waals surface area contributed by atoms with Gasteiger partial charge in [-0.2, -0.15) is 0 Å². The zero-order valence-electron chi connectivity index (χ0n) is 9.41. The normalized spacial score (nSPS) is 16.5. The summed E-state index contributed by atoms with van der Waals surface area (Å²) < 4.78 is 18.6. The molecule has 4 nitrogen and oxygen atoms in total. The van der Waals surface area contributed by atoms with Gasteiger partial charge in [-0.1, -0.05) is 0 Å². The number of carboxylic acids is 1. The fourth-order valence-electron chi connectivity index (χ4n) is 1.80. The number of halogens is 1. The molecule has 0 spiro atoms. The Morgan fingerprint density at radius 3 is 2.71 bits per heavy atom. The number of rotatable bonds is 2. The van der Waals surface area contributed by atoms with Gasteiger partial charge in [0.15, 0.2) is 0 Å². The molecule has 0 aliphatic carbocycles. The van der Waals surface area contributed by atoms with E-state index in [1.165, 1.54) is 12.1 Å². The molecule has 1 aromatic carbocycles. The molecule has 5 heteroatoms. The van der Waals surface area contributed by atoms with Crippen molar-refractivity contribution in [3.05, 3.63) is 29.1 Å². The molecule has 1 aliphatic rings. The van der Waals surface area contributed by atoms with E-state index in [4.69, 9.17) is 9.84 Å². The van der Waals surface area contributed by atoms with E-state index in [9.17, 15) is 14.0 Å². The van der Waals surface area contributed by atoms with Gasteiger partial charge in [0, 0.05) is 11.1 Å². The average Bonchev–Trinajstić information content (AvgIpc) is 2.40. The molecule has 1 heterocycles. The summed E-state index contributed by atoms with van der Waals surface area (Å²) in [6, 6.07) is 2.46. The molecule has 1 aromatic rings. The quantitative estimate of drug-likeness (QED) is 0.628. The first kappa shape index (κ1) is 11.6. The predicted octanol–water partition coefficient (Wildman–Crippen LogP) is 1.65. The van der Waals surface area contributed by atoms with Crippen LogP contribution in [0.25, 0.3) is 0 Å². The van der Waals surface area contributed by atoms with Crippen LogP contribution in [0.1, 0.15) is 25.0 Å². The molecule has 2 rings (SSSR count). The van der Waals surface area contributed by atoms with Crippen molar-refractivity contribution in [3.63, 3.8) is 0 Å². The Labute approximate surface area is 97.0 Å². The number of hydrogen-bond acceptors (Lipinski definition) is 3. The van der Waals surface area contributed by atoms with Gasteiger partial charge in [0.2, 0.25) is 0 Å². The maximum absolute atomic E-state index is 13.6. The van der Waals surface area contributed by atoms with E-state index in [-0.39, 0.29) is 11.3 Å². The largest absolute Gasteiger partial charge is 0.481 e. The lowest BCUT2D eigenvalue weighted by atomic mass is 9.85. The van der Waals surface area contributed by atoms with Crippen molar-refractivity contribution in [1.29, 1.82) is 0 Å². The van der Waals surface area contributed by atoms with Crippen LogP contribution in [0.5, 0.6) is 5.75 Å². The maximum atomic E-state index is 13.6. The van der Waals surface area contributed by atoms with E-state index in [2.05, 4.69) is 0 Å². The smallest absolute Gasteiger partial charge is 0.321 e. The van der Waals surface area contributed by atoms with E-state index >= 15 is 0 Å². The molecule has 90 valence electrons. The summed E-state index contributed by atoms with van der Waals surface area (Å²) in [6.07, 6.45) is -0.433. The molecule has 0 amide bonds. The molecule has 0 bridgehead atoms. The van der Waals surface area contributed by atoms with Crippen LogP contribution < -0.4 is 4.74 Å². The van der Waals surface area contributed by atoms with E-state index in [0.717, 1.165) is 0 Å². The molecule has 0 fully saturated rings. The second-order valence-corrected chi connectivity index (χ2v) is 4.52. The summed E-state index contributed by atoms with van der Waals surface area (Å²) in [5.41, 5.74) is -0.423. The Kier molecular flexibility index (Phi) is 2.41. The number of aliphatic carboxylic acids is 1. The van der Waals surface area contributed by atoms with Gasteiger partial charge >= 0.3 is 11.9 Å². The van der Waals surface area contributed by atoms with Gasteiger partial charge < -0.3 is 9.84 Å². The van der Waals surface area contributed by atoms with Crippen LogP contribution in [-0.4, -0.2) is 17.0 Å². The highest BCUT2D eigenvalue weighted by Crippen LogP contribution is 2.40. The summed E-state index contributed by atoms with van der Waals surface area (Å²) in [6.45, 7) is 3.27. The summed E-state index contributed by atoms with van der Waals surface area (Å²) in [7, 11) is 0. The molecular weight excluding hydrogens is 227 g/mol. The van der Waals surface area contributed by atoms with Crippen molar-refractivity contribution in [2.45, 2.75) is 25.7 Å². The minimum atomic E-state index is -1.13. The fraction of sp³-hybridized carbons (Fsp3) is 0.333. The lowest BCUT2D eigenvalue weighted by Crippen LogP contribution is -2.25. The van der Waals surface area contributed by atoms with Crippen molar-refractivity contribution in [1.82, 2.24) is 0 Å². The molecule has 0 aromatic heterocycles.